The average Bonchev–Trinajstić information content (AvgIpc) is 2.61. The smallest absolute Gasteiger partial charge is 0.264 e. The van der Waals surface area contributed by atoms with Crippen molar-refractivity contribution in [3.05, 3.63) is 41.7 Å². The Hall–Kier alpha value is -2.48. The molecule has 2 rings (SSSR count). The van der Waals surface area contributed by atoms with E-state index in [0.29, 0.717) is 17.1 Å². The lowest BCUT2D eigenvalue weighted by atomic mass is 9.98. The molecule has 0 fully saturated rings. The van der Waals surface area contributed by atoms with Crippen LogP contribution in [0.1, 0.15) is 50.9 Å². The number of nitrogens with one attached hydrogen (secondary N) is 2. The van der Waals surface area contributed by atoms with E-state index in [1.807, 2.05) is 6.92 Å². The fourth-order valence-electron chi connectivity index (χ4n) is 2.88. The van der Waals surface area contributed by atoms with Gasteiger partial charge in [0.25, 0.3) is 10.0 Å². The molecule has 0 aliphatic rings. The summed E-state index contributed by atoms with van der Waals surface area (Å²) < 4.78 is 27.5. The first kappa shape index (κ1) is 21.8. The molecule has 0 bridgehead atoms. The zero-order chi connectivity index (χ0) is 20.7. The molecular formula is C20H28N4O3S. The minimum atomic E-state index is -3.81. The third-order valence-corrected chi connectivity index (χ3v) is 5.75. The summed E-state index contributed by atoms with van der Waals surface area (Å²) in [6.45, 7) is 7.64. The summed E-state index contributed by atoms with van der Waals surface area (Å²) in [5.74, 6) is -0.0309. The molecule has 2 N–H and O–H groups in total. The van der Waals surface area contributed by atoms with Crippen LogP contribution in [-0.2, 0) is 14.8 Å². The fraction of sp³-hybridized carbons (Fsp3) is 0.450. The summed E-state index contributed by atoms with van der Waals surface area (Å²) in [4.78, 5) is 20.6. The number of aromatic nitrogens is 2. The van der Waals surface area contributed by atoms with Crippen LogP contribution in [0.5, 0.6) is 0 Å². The number of aryl methyl sites for hydroxylation is 2. The van der Waals surface area contributed by atoms with Gasteiger partial charge in [-0.3, -0.25) is 4.79 Å². The quantitative estimate of drug-likeness (QED) is 0.656. The summed E-state index contributed by atoms with van der Waals surface area (Å²) in [6.07, 6.45) is 3.69. The molecule has 0 spiro atoms. The highest BCUT2D eigenvalue weighted by Crippen LogP contribution is 2.19. The standard InChI is InChI=1S/C20H28N4O3S/c1-5-7-8-16(6-2)19(25)23-17-9-11-18(12-10-17)28(26,27)24-20-21-14(3)13-15(4)22-20/h9-13,16H,5-8H2,1-4H3,(H,23,25)(H,21,22,24)/t16-/m0/s1. The first-order valence-electron chi connectivity index (χ1n) is 9.51. The van der Waals surface area contributed by atoms with Crippen LogP contribution in [0, 0.1) is 19.8 Å². The molecule has 0 radical (unpaired) electrons. The lowest BCUT2D eigenvalue weighted by Crippen LogP contribution is -2.22. The first-order valence-corrected chi connectivity index (χ1v) is 11.0. The fourth-order valence-corrected chi connectivity index (χ4v) is 3.83. The van der Waals surface area contributed by atoms with Crippen LogP contribution < -0.4 is 10.0 Å². The van der Waals surface area contributed by atoms with E-state index in [1.165, 1.54) is 12.1 Å². The van der Waals surface area contributed by atoms with Gasteiger partial charge in [0, 0.05) is 23.0 Å². The van der Waals surface area contributed by atoms with Crippen LogP contribution >= 0.6 is 0 Å². The summed E-state index contributed by atoms with van der Waals surface area (Å²) in [7, 11) is -3.81. The van der Waals surface area contributed by atoms with Gasteiger partial charge in [-0.25, -0.2) is 23.1 Å². The average molecular weight is 405 g/mol. The zero-order valence-corrected chi connectivity index (χ0v) is 17.6. The summed E-state index contributed by atoms with van der Waals surface area (Å²) >= 11 is 0. The monoisotopic (exact) mass is 404 g/mol. The number of rotatable bonds is 9. The van der Waals surface area contributed by atoms with Gasteiger partial charge in [0.1, 0.15) is 0 Å². The molecule has 0 unspecified atom stereocenters. The molecule has 0 aliphatic carbocycles. The van der Waals surface area contributed by atoms with E-state index in [9.17, 15) is 13.2 Å². The molecule has 152 valence electrons. The highest BCUT2D eigenvalue weighted by Gasteiger charge is 2.18. The molecule has 1 aromatic heterocycles. The molecule has 1 amide bonds. The maximum Gasteiger partial charge on any atom is 0.264 e. The third-order valence-electron chi connectivity index (χ3n) is 4.41. The van der Waals surface area contributed by atoms with Crippen molar-refractivity contribution in [2.45, 2.75) is 58.3 Å². The van der Waals surface area contributed by atoms with E-state index >= 15 is 0 Å². The van der Waals surface area contributed by atoms with Gasteiger partial charge in [-0.1, -0.05) is 26.7 Å². The zero-order valence-electron chi connectivity index (χ0n) is 16.8. The van der Waals surface area contributed by atoms with Gasteiger partial charge in [-0.05, 0) is 57.0 Å². The van der Waals surface area contributed by atoms with Crippen LogP contribution in [0.4, 0.5) is 11.6 Å². The van der Waals surface area contributed by atoms with E-state index in [2.05, 4.69) is 26.9 Å². The van der Waals surface area contributed by atoms with Gasteiger partial charge >= 0.3 is 0 Å². The molecule has 1 heterocycles. The Balaban J connectivity index is 2.09. The molecule has 0 saturated carbocycles. The molecule has 7 nitrogen and oxygen atoms in total. The molecule has 0 aliphatic heterocycles. The van der Waals surface area contributed by atoms with Crippen LogP contribution in [0.2, 0.25) is 0 Å². The van der Waals surface area contributed by atoms with Crippen LogP contribution in [0.3, 0.4) is 0 Å². The molecule has 1 atom stereocenters. The number of sulfonamides is 1. The van der Waals surface area contributed by atoms with Crippen LogP contribution in [-0.4, -0.2) is 24.3 Å². The van der Waals surface area contributed by atoms with Gasteiger partial charge in [-0.2, -0.15) is 0 Å². The SMILES string of the molecule is CCCC[C@H](CC)C(=O)Nc1ccc(S(=O)(=O)Nc2nc(C)cc(C)n2)cc1. The summed E-state index contributed by atoms with van der Waals surface area (Å²) in [5.41, 5.74) is 1.93. The molecule has 28 heavy (non-hydrogen) atoms. The number of benzene rings is 1. The Kier molecular flexibility index (Phi) is 7.51. The largest absolute Gasteiger partial charge is 0.326 e. The van der Waals surface area contributed by atoms with Crippen LogP contribution in [0.15, 0.2) is 35.2 Å². The predicted molar refractivity (Wildman–Crippen MR) is 111 cm³/mol. The summed E-state index contributed by atoms with van der Waals surface area (Å²) in [6, 6.07) is 7.84. The summed E-state index contributed by atoms with van der Waals surface area (Å²) in [5, 5.41) is 2.87. The van der Waals surface area contributed by atoms with Crippen molar-refractivity contribution in [2.24, 2.45) is 5.92 Å². The van der Waals surface area contributed by atoms with Gasteiger partial charge in [-0.15, -0.1) is 0 Å². The van der Waals surface area contributed by atoms with Crippen molar-refractivity contribution in [1.29, 1.82) is 0 Å². The highest BCUT2D eigenvalue weighted by atomic mass is 32.2. The van der Waals surface area contributed by atoms with E-state index in [0.717, 1.165) is 25.7 Å². The Morgan fingerprint density at radius 3 is 2.21 bits per heavy atom. The number of unbranched alkanes of at least 4 members (excludes halogenated alkanes) is 1. The minimum absolute atomic E-state index is 0.0340. The minimum Gasteiger partial charge on any atom is -0.326 e. The van der Waals surface area contributed by atoms with Crippen LogP contribution in [0.25, 0.3) is 0 Å². The number of hydrogen-bond donors (Lipinski definition) is 2. The number of amides is 1. The Morgan fingerprint density at radius 1 is 1.07 bits per heavy atom. The van der Waals surface area contributed by atoms with Crippen molar-refractivity contribution in [3.8, 4) is 0 Å². The van der Waals surface area contributed by atoms with E-state index in [1.54, 1.807) is 32.0 Å². The molecule has 1 aromatic carbocycles. The topological polar surface area (TPSA) is 101 Å². The van der Waals surface area contributed by atoms with Gasteiger partial charge in [0.05, 0.1) is 4.90 Å². The first-order chi connectivity index (χ1) is 13.2. The number of anilines is 2. The van der Waals surface area contributed by atoms with Gasteiger partial charge < -0.3 is 5.32 Å². The van der Waals surface area contributed by atoms with Crippen molar-refractivity contribution in [2.75, 3.05) is 10.0 Å². The highest BCUT2D eigenvalue weighted by molar-refractivity contribution is 7.92. The Bertz CT molecular complexity index is 891. The molecule has 8 heteroatoms. The van der Waals surface area contributed by atoms with Crippen molar-refractivity contribution in [1.82, 2.24) is 9.97 Å². The Labute approximate surface area is 167 Å². The van der Waals surface area contributed by atoms with Crippen molar-refractivity contribution >= 4 is 27.6 Å². The maximum atomic E-state index is 12.6. The second-order valence-corrected chi connectivity index (χ2v) is 8.52. The second-order valence-electron chi connectivity index (χ2n) is 6.84. The number of carbonyl (C=O) groups is 1. The molecule has 0 saturated heterocycles. The van der Waals surface area contributed by atoms with E-state index < -0.39 is 10.0 Å². The number of nitrogens with zero attached hydrogens (tertiary/aromatic N) is 2. The molecule has 2 aromatic rings. The lowest BCUT2D eigenvalue weighted by molar-refractivity contribution is -0.120. The Morgan fingerprint density at radius 2 is 1.68 bits per heavy atom. The van der Waals surface area contributed by atoms with E-state index in [4.69, 9.17) is 0 Å². The van der Waals surface area contributed by atoms with E-state index in [-0.39, 0.29) is 22.7 Å². The normalized spacial score (nSPS) is 12.4. The van der Waals surface area contributed by atoms with Crippen molar-refractivity contribution < 1.29 is 13.2 Å². The number of carbonyl (C=O) groups excluding carboxylic acids is 1. The molecular weight excluding hydrogens is 376 g/mol. The lowest BCUT2D eigenvalue weighted by Gasteiger charge is -2.15. The second kappa shape index (κ2) is 9.64. The maximum absolute atomic E-state index is 12.6. The number of hydrogen-bond acceptors (Lipinski definition) is 5. The third kappa shape index (κ3) is 6.02. The van der Waals surface area contributed by atoms with Gasteiger partial charge in [0.15, 0.2) is 0 Å². The van der Waals surface area contributed by atoms with Crippen molar-refractivity contribution in [3.63, 3.8) is 0 Å². The van der Waals surface area contributed by atoms with Gasteiger partial charge in [0.2, 0.25) is 11.9 Å². The predicted octanol–water partition coefficient (Wildman–Crippen LogP) is 4.05.